The molecule has 0 amide bonds. The lowest BCUT2D eigenvalue weighted by atomic mass is 9.78. The Morgan fingerprint density at radius 3 is 2.50 bits per heavy atom. The Bertz CT molecular complexity index is 252. The molecule has 1 aliphatic carbocycles. The SMILES string of the molecule is O=C(O)C(O)CC1CCCC(C(F)(F)F)C1. The highest BCUT2D eigenvalue weighted by atomic mass is 19.4. The van der Waals surface area contributed by atoms with Crippen molar-refractivity contribution in [2.45, 2.75) is 44.4 Å². The van der Waals surface area contributed by atoms with Gasteiger partial charge in [-0.3, -0.25) is 0 Å². The van der Waals surface area contributed by atoms with Crippen molar-refractivity contribution in [3.63, 3.8) is 0 Å². The molecule has 3 nitrogen and oxygen atoms in total. The van der Waals surface area contributed by atoms with Gasteiger partial charge >= 0.3 is 12.1 Å². The number of carboxylic acids is 1. The quantitative estimate of drug-likeness (QED) is 0.795. The minimum Gasteiger partial charge on any atom is -0.479 e. The highest BCUT2D eigenvalue weighted by Gasteiger charge is 2.42. The van der Waals surface area contributed by atoms with Crippen molar-refractivity contribution < 1.29 is 28.2 Å². The largest absolute Gasteiger partial charge is 0.479 e. The molecule has 1 rings (SSSR count). The van der Waals surface area contributed by atoms with Crippen LogP contribution in [0.3, 0.4) is 0 Å². The monoisotopic (exact) mass is 240 g/mol. The van der Waals surface area contributed by atoms with Crippen molar-refractivity contribution in [1.82, 2.24) is 0 Å². The highest BCUT2D eigenvalue weighted by Crippen LogP contribution is 2.41. The maximum atomic E-state index is 12.4. The number of carbonyl (C=O) groups is 1. The standard InChI is InChI=1S/C10H15F3O3/c11-10(12,13)7-3-1-2-6(4-7)5-8(14)9(15)16/h6-8,14H,1-5H2,(H,15,16). The Labute approximate surface area is 91.3 Å². The molecule has 0 aromatic carbocycles. The van der Waals surface area contributed by atoms with Gasteiger partial charge in [-0.1, -0.05) is 12.8 Å². The van der Waals surface area contributed by atoms with Crippen LogP contribution in [0.25, 0.3) is 0 Å². The van der Waals surface area contributed by atoms with Crippen LogP contribution >= 0.6 is 0 Å². The molecule has 0 spiro atoms. The first kappa shape index (κ1) is 13.3. The third kappa shape index (κ3) is 3.66. The Hall–Kier alpha value is -0.780. The van der Waals surface area contributed by atoms with Crippen LogP contribution in [0.4, 0.5) is 13.2 Å². The van der Waals surface area contributed by atoms with E-state index in [1.807, 2.05) is 0 Å². The fourth-order valence-corrected chi connectivity index (χ4v) is 2.22. The van der Waals surface area contributed by atoms with Crippen molar-refractivity contribution >= 4 is 5.97 Å². The van der Waals surface area contributed by atoms with Crippen LogP contribution < -0.4 is 0 Å². The number of aliphatic carboxylic acids is 1. The zero-order valence-electron chi connectivity index (χ0n) is 8.70. The summed E-state index contributed by atoms with van der Waals surface area (Å²) in [6, 6.07) is 0. The summed E-state index contributed by atoms with van der Waals surface area (Å²) in [5.74, 6) is -3.05. The van der Waals surface area contributed by atoms with Gasteiger partial charge in [-0.05, 0) is 25.2 Å². The Morgan fingerprint density at radius 1 is 1.38 bits per heavy atom. The van der Waals surface area contributed by atoms with Crippen molar-refractivity contribution in [3.05, 3.63) is 0 Å². The van der Waals surface area contributed by atoms with E-state index >= 15 is 0 Å². The number of carboxylic acid groups (broad SMARTS) is 1. The molecule has 0 radical (unpaired) electrons. The van der Waals surface area contributed by atoms with Gasteiger partial charge in [0.1, 0.15) is 0 Å². The molecule has 16 heavy (non-hydrogen) atoms. The molecule has 1 saturated carbocycles. The summed E-state index contributed by atoms with van der Waals surface area (Å²) in [5, 5.41) is 17.6. The summed E-state index contributed by atoms with van der Waals surface area (Å²) >= 11 is 0. The molecule has 1 fully saturated rings. The molecule has 0 heterocycles. The van der Waals surface area contributed by atoms with Gasteiger partial charge in [0.2, 0.25) is 0 Å². The molecule has 0 saturated heterocycles. The van der Waals surface area contributed by atoms with Crippen LogP contribution in [0.5, 0.6) is 0 Å². The molecule has 2 N–H and O–H groups in total. The van der Waals surface area contributed by atoms with Crippen molar-refractivity contribution in [1.29, 1.82) is 0 Å². The number of alkyl halides is 3. The first-order valence-corrected chi connectivity index (χ1v) is 5.28. The van der Waals surface area contributed by atoms with Gasteiger partial charge in [0.15, 0.2) is 6.10 Å². The fourth-order valence-electron chi connectivity index (χ4n) is 2.22. The predicted molar refractivity (Wildman–Crippen MR) is 49.8 cm³/mol. The average molecular weight is 240 g/mol. The first-order chi connectivity index (χ1) is 7.30. The number of hydrogen-bond acceptors (Lipinski definition) is 2. The second-order valence-corrected chi connectivity index (χ2v) is 4.36. The lowest BCUT2D eigenvalue weighted by molar-refractivity contribution is -0.186. The summed E-state index contributed by atoms with van der Waals surface area (Å²) in [6.07, 6.45) is -4.76. The maximum Gasteiger partial charge on any atom is 0.391 e. The highest BCUT2D eigenvalue weighted by molar-refractivity contribution is 5.71. The lowest BCUT2D eigenvalue weighted by Crippen LogP contribution is -2.31. The second-order valence-electron chi connectivity index (χ2n) is 4.36. The van der Waals surface area contributed by atoms with Crippen LogP contribution in [0, 0.1) is 11.8 Å². The van der Waals surface area contributed by atoms with E-state index in [9.17, 15) is 18.0 Å². The zero-order valence-corrected chi connectivity index (χ0v) is 8.70. The zero-order chi connectivity index (χ0) is 12.3. The Balaban J connectivity index is 2.48. The number of halogens is 3. The van der Waals surface area contributed by atoms with Crippen molar-refractivity contribution in [3.8, 4) is 0 Å². The van der Waals surface area contributed by atoms with Crippen LogP contribution in [-0.2, 0) is 4.79 Å². The predicted octanol–water partition coefficient (Wildman–Crippen LogP) is 2.19. The van der Waals surface area contributed by atoms with Gasteiger partial charge in [-0.2, -0.15) is 13.2 Å². The molecule has 3 atom stereocenters. The van der Waals surface area contributed by atoms with E-state index in [-0.39, 0.29) is 25.2 Å². The van der Waals surface area contributed by atoms with E-state index < -0.39 is 24.2 Å². The molecule has 3 unspecified atom stereocenters. The third-order valence-corrected chi connectivity index (χ3v) is 3.09. The molecule has 0 bridgehead atoms. The summed E-state index contributed by atoms with van der Waals surface area (Å²) in [4.78, 5) is 10.4. The fraction of sp³-hybridized carbons (Fsp3) is 0.900. The Morgan fingerprint density at radius 2 is 2.00 bits per heavy atom. The van der Waals surface area contributed by atoms with E-state index in [1.165, 1.54) is 0 Å². The molecule has 0 aromatic heterocycles. The molecular weight excluding hydrogens is 225 g/mol. The third-order valence-electron chi connectivity index (χ3n) is 3.09. The molecule has 1 aliphatic rings. The smallest absolute Gasteiger partial charge is 0.391 e. The van der Waals surface area contributed by atoms with E-state index in [0.717, 1.165) is 0 Å². The lowest BCUT2D eigenvalue weighted by Gasteiger charge is -2.30. The molecule has 6 heteroatoms. The summed E-state index contributed by atoms with van der Waals surface area (Å²) in [6.45, 7) is 0. The van der Waals surface area contributed by atoms with Gasteiger partial charge in [0, 0.05) is 0 Å². The van der Waals surface area contributed by atoms with Gasteiger partial charge < -0.3 is 10.2 Å². The van der Waals surface area contributed by atoms with Crippen molar-refractivity contribution in [2.24, 2.45) is 11.8 Å². The number of aliphatic hydroxyl groups is 1. The van der Waals surface area contributed by atoms with E-state index in [0.29, 0.717) is 12.8 Å². The van der Waals surface area contributed by atoms with Gasteiger partial charge in [0.05, 0.1) is 5.92 Å². The molecule has 0 aliphatic heterocycles. The number of hydrogen-bond donors (Lipinski definition) is 2. The number of rotatable bonds is 3. The Kier molecular flexibility index (Phi) is 4.18. The van der Waals surface area contributed by atoms with E-state index in [4.69, 9.17) is 10.2 Å². The summed E-state index contributed by atoms with van der Waals surface area (Å²) in [7, 11) is 0. The summed E-state index contributed by atoms with van der Waals surface area (Å²) in [5.41, 5.74) is 0. The molecule has 0 aromatic rings. The second kappa shape index (κ2) is 5.03. The van der Waals surface area contributed by atoms with Crippen LogP contribution in [-0.4, -0.2) is 28.5 Å². The van der Waals surface area contributed by atoms with Gasteiger partial charge in [-0.15, -0.1) is 0 Å². The topological polar surface area (TPSA) is 57.5 Å². The maximum absolute atomic E-state index is 12.4. The van der Waals surface area contributed by atoms with Crippen LogP contribution in [0.2, 0.25) is 0 Å². The van der Waals surface area contributed by atoms with Crippen LogP contribution in [0.1, 0.15) is 32.1 Å². The van der Waals surface area contributed by atoms with E-state index in [1.54, 1.807) is 0 Å². The molecule has 94 valence electrons. The first-order valence-electron chi connectivity index (χ1n) is 5.28. The summed E-state index contributed by atoms with van der Waals surface area (Å²) < 4.78 is 37.3. The normalized spacial score (nSPS) is 28.8. The van der Waals surface area contributed by atoms with E-state index in [2.05, 4.69) is 0 Å². The minimum atomic E-state index is -4.20. The van der Waals surface area contributed by atoms with Gasteiger partial charge in [0.25, 0.3) is 0 Å². The molecular formula is C10H15F3O3. The van der Waals surface area contributed by atoms with Crippen LogP contribution in [0.15, 0.2) is 0 Å². The van der Waals surface area contributed by atoms with Crippen molar-refractivity contribution in [2.75, 3.05) is 0 Å². The average Bonchev–Trinajstić information content (AvgIpc) is 2.16. The number of aliphatic hydroxyl groups excluding tert-OH is 1. The minimum absolute atomic E-state index is 0.0617. The van der Waals surface area contributed by atoms with Gasteiger partial charge in [-0.25, -0.2) is 4.79 Å².